The Kier molecular flexibility index (Phi) is 5.68. The number of benzene rings is 1. The second-order valence-electron chi connectivity index (χ2n) is 4.83. The molecule has 0 fully saturated rings. The third-order valence-corrected chi connectivity index (χ3v) is 3.96. The molecule has 0 aliphatic rings. The van der Waals surface area contributed by atoms with Crippen LogP contribution in [0.15, 0.2) is 47.6 Å². The lowest BCUT2D eigenvalue weighted by atomic mass is 10.4. The van der Waals surface area contributed by atoms with Crippen molar-refractivity contribution < 1.29 is 4.79 Å². The summed E-state index contributed by atoms with van der Waals surface area (Å²) in [5.74, 6) is 0. The molecule has 0 aliphatic carbocycles. The van der Waals surface area contributed by atoms with Gasteiger partial charge in [0.25, 0.3) is 0 Å². The summed E-state index contributed by atoms with van der Waals surface area (Å²) in [5, 5.41) is 10.1. The number of nitrogens with one attached hydrogen (secondary N) is 2. The summed E-state index contributed by atoms with van der Waals surface area (Å²) in [7, 11) is 1.85. The van der Waals surface area contributed by atoms with Crippen LogP contribution in [0, 0.1) is 0 Å². The molecule has 1 aromatic carbocycles. The fourth-order valence-corrected chi connectivity index (χ4v) is 2.76. The number of hydrogen-bond acceptors (Lipinski definition) is 3. The molecule has 0 saturated heterocycles. The molecule has 0 bridgehead atoms. The largest absolute Gasteiger partial charge is 0.337 e. The summed E-state index contributed by atoms with van der Waals surface area (Å²) in [6, 6.07) is 10.0. The molecule has 1 atom stereocenters. The average molecular weight is 304 g/mol. The maximum Gasteiger partial charge on any atom is 0.315 e. The summed E-state index contributed by atoms with van der Waals surface area (Å²) in [4.78, 5) is 12.9. The number of rotatable bonds is 6. The van der Waals surface area contributed by atoms with Gasteiger partial charge in [0.05, 0.1) is 6.20 Å². The lowest BCUT2D eigenvalue weighted by Gasteiger charge is -2.12. The SMILES string of the molecule is CC(CNC(=O)NCc1cnn(C)c1)Sc1ccccc1. The number of amides is 2. The van der Waals surface area contributed by atoms with Crippen LogP contribution in [0.5, 0.6) is 0 Å². The zero-order chi connectivity index (χ0) is 15.1. The summed E-state index contributed by atoms with van der Waals surface area (Å²) in [5.41, 5.74) is 0.986. The van der Waals surface area contributed by atoms with Crippen LogP contribution in [0.2, 0.25) is 0 Å². The van der Waals surface area contributed by atoms with Crippen molar-refractivity contribution in [2.75, 3.05) is 6.54 Å². The molecule has 6 heteroatoms. The molecular weight excluding hydrogens is 284 g/mol. The van der Waals surface area contributed by atoms with Crippen LogP contribution in [-0.2, 0) is 13.6 Å². The number of carbonyl (C=O) groups is 1. The van der Waals surface area contributed by atoms with Gasteiger partial charge in [-0.1, -0.05) is 25.1 Å². The first-order chi connectivity index (χ1) is 10.1. The molecule has 21 heavy (non-hydrogen) atoms. The summed E-state index contributed by atoms with van der Waals surface area (Å²) in [6.07, 6.45) is 3.63. The molecule has 112 valence electrons. The Balaban J connectivity index is 1.66. The highest BCUT2D eigenvalue weighted by molar-refractivity contribution is 8.00. The molecule has 0 spiro atoms. The molecule has 0 saturated carbocycles. The van der Waals surface area contributed by atoms with Crippen molar-refractivity contribution in [2.24, 2.45) is 7.05 Å². The van der Waals surface area contributed by atoms with Gasteiger partial charge in [-0.25, -0.2) is 4.79 Å². The molecule has 2 rings (SSSR count). The highest BCUT2D eigenvalue weighted by Crippen LogP contribution is 2.21. The normalized spacial score (nSPS) is 11.9. The molecule has 1 heterocycles. The van der Waals surface area contributed by atoms with Crippen LogP contribution in [0.3, 0.4) is 0 Å². The smallest absolute Gasteiger partial charge is 0.315 e. The van der Waals surface area contributed by atoms with Crippen LogP contribution in [0.1, 0.15) is 12.5 Å². The molecule has 0 radical (unpaired) electrons. The highest BCUT2D eigenvalue weighted by atomic mass is 32.2. The average Bonchev–Trinajstić information content (AvgIpc) is 2.90. The first-order valence-corrected chi connectivity index (χ1v) is 7.72. The zero-order valence-corrected chi connectivity index (χ0v) is 13.1. The molecule has 1 unspecified atom stereocenters. The second-order valence-corrected chi connectivity index (χ2v) is 6.34. The van der Waals surface area contributed by atoms with E-state index in [2.05, 4.69) is 34.8 Å². The monoisotopic (exact) mass is 304 g/mol. The number of hydrogen-bond donors (Lipinski definition) is 2. The van der Waals surface area contributed by atoms with Gasteiger partial charge in [-0.3, -0.25) is 4.68 Å². The Morgan fingerprint density at radius 3 is 2.76 bits per heavy atom. The van der Waals surface area contributed by atoms with E-state index in [1.807, 2.05) is 31.4 Å². The number of nitrogens with zero attached hydrogens (tertiary/aromatic N) is 2. The Hall–Kier alpha value is -1.95. The summed E-state index contributed by atoms with van der Waals surface area (Å²) >= 11 is 1.75. The number of thioether (sulfide) groups is 1. The van der Waals surface area contributed by atoms with Gasteiger partial charge in [-0.2, -0.15) is 5.10 Å². The summed E-state index contributed by atoms with van der Waals surface area (Å²) < 4.78 is 1.72. The zero-order valence-electron chi connectivity index (χ0n) is 12.2. The Morgan fingerprint density at radius 1 is 1.33 bits per heavy atom. The van der Waals surface area contributed by atoms with Gasteiger partial charge >= 0.3 is 6.03 Å². The first kappa shape index (κ1) is 15.4. The van der Waals surface area contributed by atoms with Crippen LogP contribution in [0.4, 0.5) is 4.79 Å². The quantitative estimate of drug-likeness (QED) is 0.806. The van der Waals surface area contributed by atoms with Gasteiger partial charge in [0.1, 0.15) is 0 Å². The van der Waals surface area contributed by atoms with Crippen molar-refractivity contribution in [1.29, 1.82) is 0 Å². The van der Waals surface area contributed by atoms with Gasteiger partial charge in [-0.05, 0) is 12.1 Å². The van der Waals surface area contributed by atoms with Crippen LogP contribution >= 0.6 is 11.8 Å². The van der Waals surface area contributed by atoms with Crippen molar-refractivity contribution in [1.82, 2.24) is 20.4 Å². The van der Waals surface area contributed by atoms with Crippen molar-refractivity contribution in [3.63, 3.8) is 0 Å². The molecule has 2 aromatic rings. The van der Waals surface area contributed by atoms with Gasteiger partial charge < -0.3 is 10.6 Å². The molecular formula is C15H20N4OS. The topological polar surface area (TPSA) is 59.0 Å². The van der Waals surface area contributed by atoms with Gasteiger partial charge in [0, 0.05) is 42.0 Å². The minimum absolute atomic E-state index is 0.153. The molecule has 5 nitrogen and oxygen atoms in total. The lowest BCUT2D eigenvalue weighted by Crippen LogP contribution is -2.38. The van der Waals surface area contributed by atoms with E-state index in [1.54, 1.807) is 22.6 Å². The Labute approximate surface area is 129 Å². The van der Waals surface area contributed by atoms with Gasteiger partial charge in [-0.15, -0.1) is 11.8 Å². The predicted molar refractivity (Wildman–Crippen MR) is 85.2 cm³/mol. The number of urea groups is 1. The minimum atomic E-state index is -0.153. The van der Waals surface area contributed by atoms with E-state index < -0.39 is 0 Å². The Bertz CT molecular complexity index is 570. The van der Waals surface area contributed by atoms with Crippen LogP contribution in [-0.4, -0.2) is 27.6 Å². The maximum atomic E-state index is 11.7. The van der Waals surface area contributed by atoms with Crippen molar-refractivity contribution in [3.8, 4) is 0 Å². The molecule has 2 N–H and O–H groups in total. The van der Waals surface area contributed by atoms with Crippen molar-refractivity contribution in [3.05, 3.63) is 48.3 Å². The third kappa shape index (κ3) is 5.51. The highest BCUT2D eigenvalue weighted by Gasteiger charge is 2.07. The number of aryl methyl sites for hydroxylation is 1. The van der Waals surface area contributed by atoms with E-state index in [1.165, 1.54) is 4.90 Å². The molecule has 2 amide bonds. The van der Waals surface area contributed by atoms with Crippen LogP contribution in [0.25, 0.3) is 0 Å². The fourth-order valence-electron chi connectivity index (χ4n) is 1.82. The van der Waals surface area contributed by atoms with Gasteiger partial charge in [0.2, 0.25) is 0 Å². The van der Waals surface area contributed by atoms with E-state index in [0.29, 0.717) is 18.3 Å². The second kappa shape index (κ2) is 7.73. The maximum absolute atomic E-state index is 11.7. The Morgan fingerprint density at radius 2 is 2.10 bits per heavy atom. The molecule has 0 aliphatic heterocycles. The fraction of sp³-hybridized carbons (Fsp3) is 0.333. The predicted octanol–water partition coefficient (Wildman–Crippen LogP) is 2.40. The summed E-state index contributed by atoms with van der Waals surface area (Å²) in [6.45, 7) is 3.21. The number of carbonyl (C=O) groups excluding carboxylic acids is 1. The standard InChI is InChI=1S/C15H20N4OS/c1-12(21-14-6-4-3-5-7-14)8-16-15(20)17-9-13-10-18-19(2)11-13/h3-7,10-12H,8-9H2,1-2H3,(H2,16,17,20). The van der Waals surface area contributed by atoms with Gasteiger partial charge in [0.15, 0.2) is 0 Å². The van der Waals surface area contributed by atoms with E-state index in [0.717, 1.165) is 5.56 Å². The third-order valence-electron chi connectivity index (χ3n) is 2.84. The lowest BCUT2D eigenvalue weighted by molar-refractivity contribution is 0.240. The molecule has 1 aromatic heterocycles. The van der Waals surface area contributed by atoms with Crippen molar-refractivity contribution in [2.45, 2.75) is 23.6 Å². The van der Waals surface area contributed by atoms with E-state index in [9.17, 15) is 4.79 Å². The van der Waals surface area contributed by atoms with E-state index in [-0.39, 0.29) is 6.03 Å². The van der Waals surface area contributed by atoms with Crippen molar-refractivity contribution >= 4 is 17.8 Å². The van der Waals surface area contributed by atoms with E-state index >= 15 is 0 Å². The minimum Gasteiger partial charge on any atom is -0.337 e. The number of aromatic nitrogens is 2. The van der Waals surface area contributed by atoms with E-state index in [4.69, 9.17) is 0 Å². The first-order valence-electron chi connectivity index (χ1n) is 6.84. The van der Waals surface area contributed by atoms with Crippen LogP contribution < -0.4 is 10.6 Å².